The van der Waals surface area contributed by atoms with Crippen molar-refractivity contribution in [1.29, 1.82) is 0 Å². The Hall–Kier alpha value is -0.760. The highest BCUT2D eigenvalue weighted by atomic mass is 16.3. The lowest BCUT2D eigenvalue weighted by molar-refractivity contribution is 0.183. The largest absolute Gasteiger partial charge is 0.465 e. The second-order valence-electron chi connectivity index (χ2n) is 5.09. The molecular formula is C14H23NO. The zero-order chi connectivity index (χ0) is 11.5. The van der Waals surface area contributed by atoms with Crippen LogP contribution < -0.4 is 5.73 Å². The summed E-state index contributed by atoms with van der Waals surface area (Å²) in [5.41, 5.74) is 6.36. The van der Waals surface area contributed by atoms with Gasteiger partial charge in [-0.15, -0.1) is 0 Å². The molecule has 2 N–H and O–H groups in total. The molecule has 0 radical (unpaired) electrons. The minimum atomic E-state index is 0.0962. The summed E-state index contributed by atoms with van der Waals surface area (Å²) in [6, 6.07) is 4.15. The number of aryl methyl sites for hydroxylation is 1. The molecule has 1 saturated carbocycles. The fourth-order valence-corrected chi connectivity index (χ4v) is 3.06. The first-order valence-corrected chi connectivity index (χ1v) is 6.54. The van der Waals surface area contributed by atoms with Crippen molar-refractivity contribution in [2.24, 2.45) is 17.6 Å². The van der Waals surface area contributed by atoms with E-state index < -0.39 is 0 Å². The van der Waals surface area contributed by atoms with E-state index in [-0.39, 0.29) is 6.04 Å². The Morgan fingerprint density at radius 2 is 2.12 bits per heavy atom. The van der Waals surface area contributed by atoms with Gasteiger partial charge >= 0.3 is 0 Å². The van der Waals surface area contributed by atoms with Crippen LogP contribution in [0.25, 0.3) is 0 Å². The van der Waals surface area contributed by atoms with Gasteiger partial charge in [-0.3, -0.25) is 0 Å². The van der Waals surface area contributed by atoms with Crippen molar-refractivity contribution in [2.45, 2.75) is 52.0 Å². The van der Waals surface area contributed by atoms with Crippen LogP contribution in [-0.2, 0) is 0 Å². The first-order valence-electron chi connectivity index (χ1n) is 6.54. The van der Waals surface area contributed by atoms with Gasteiger partial charge in [0.1, 0.15) is 11.5 Å². The van der Waals surface area contributed by atoms with Crippen LogP contribution in [-0.4, -0.2) is 0 Å². The highest BCUT2D eigenvalue weighted by molar-refractivity contribution is 5.10. The van der Waals surface area contributed by atoms with Gasteiger partial charge in [0.2, 0.25) is 0 Å². The quantitative estimate of drug-likeness (QED) is 0.843. The van der Waals surface area contributed by atoms with E-state index in [1.807, 2.05) is 19.1 Å². The van der Waals surface area contributed by atoms with E-state index in [2.05, 4.69) is 6.92 Å². The molecule has 3 unspecified atom stereocenters. The second-order valence-corrected chi connectivity index (χ2v) is 5.09. The van der Waals surface area contributed by atoms with Crippen LogP contribution in [0.15, 0.2) is 16.5 Å². The Morgan fingerprint density at radius 1 is 1.38 bits per heavy atom. The summed E-state index contributed by atoms with van der Waals surface area (Å²) >= 11 is 0. The van der Waals surface area contributed by atoms with Crippen molar-refractivity contribution in [3.63, 3.8) is 0 Å². The van der Waals surface area contributed by atoms with Crippen LogP contribution in [0.2, 0.25) is 0 Å². The molecular weight excluding hydrogens is 198 g/mol. The number of rotatable bonds is 3. The van der Waals surface area contributed by atoms with E-state index in [9.17, 15) is 0 Å². The predicted octanol–water partition coefficient (Wildman–Crippen LogP) is 3.80. The zero-order valence-corrected chi connectivity index (χ0v) is 10.4. The highest BCUT2D eigenvalue weighted by Crippen LogP contribution is 2.39. The van der Waals surface area contributed by atoms with E-state index >= 15 is 0 Å². The minimum Gasteiger partial charge on any atom is -0.465 e. The van der Waals surface area contributed by atoms with Crippen molar-refractivity contribution in [3.05, 3.63) is 23.7 Å². The molecule has 1 aromatic heterocycles. The highest BCUT2D eigenvalue weighted by Gasteiger charge is 2.30. The number of nitrogens with two attached hydrogens (primary N) is 1. The molecule has 0 amide bonds. The first kappa shape index (κ1) is 11.7. The average molecular weight is 221 g/mol. The van der Waals surface area contributed by atoms with Crippen molar-refractivity contribution in [1.82, 2.24) is 0 Å². The van der Waals surface area contributed by atoms with Crippen LogP contribution in [0.4, 0.5) is 0 Å². The molecule has 0 aliphatic heterocycles. The molecule has 2 nitrogen and oxygen atoms in total. The molecule has 1 aliphatic carbocycles. The van der Waals surface area contributed by atoms with Gasteiger partial charge in [0.15, 0.2) is 0 Å². The van der Waals surface area contributed by atoms with Crippen LogP contribution in [0.1, 0.15) is 56.6 Å². The molecule has 16 heavy (non-hydrogen) atoms. The van der Waals surface area contributed by atoms with E-state index in [0.717, 1.165) is 17.4 Å². The molecule has 0 bridgehead atoms. The van der Waals surface area contributed by atoms with Gasteiger partial charge in [-0.2, -0.15) is 0 Å². The van der Waals surface area contributed by atoms with Gasteiger partial charge in [0.05, 0.1) is 6.04 Å². The number of furan rings is 1. The maximum atomic E-state index is 6.36. The van der Waals surface area contributed by atoms with Gasteiger partial charge in [-0.25, -0.2) is 0 Å². The van der Waals surface area contributed by atoms with E-state index in [0.29, 0.717) is 5.92 Å². The summed E-state index contributed by atoms with van der Waals surface area (Å²) in [4.78, 5) is 0. The molecule has 0 aromatic carbocycles. The molecule has 2 heteroatoms. The topological polar surface area (TPSA) is 39.2 Å². The third-order valence-corrected chi connectivity index (χ3v) is 4.04. The number of hydrogen-bond acceptors (Lipinski definition) is 2. The Kier molecular flexibility index (Phi) is 3.70. The third kappa shape index (κ3) is 2.32. The summed E-state index contributed by atoms with van der Waals surface area (Å²) in [6.07, 6.45) is 6.56. The molecule has 1 aromatic rings. The molecule has 0 spiro atoms. The second kappa shape index (κ2) is 5.05. The van der Waals surface area contributed by atoms with Gasteiger partial charge in [-0.05, 0) is 37.3 Å². The predicted molar refractivity (Wildman–Crippen MR) is 66.1 cm³/mol. The van der Waals surface area contributed by atoms with Crippen molar-refractivity contribution in [2.75, 3.05) is 0 Å². The van der Waals surface area contributed by atoms with Gasteiger partial charge < -0.3 is 10.2 Å². The van der Waals surface area contributed by atoms with Gasteiger partial charge in [0, 0.05) is 0 Å². The lowest BCUT2D eigenvalue weighted by atomic mass is 9.74. The summed E-state index contributed by atoms with van der Waals surface area (Å²) in [5.74, 6) is 3.34. The van der Waals surface area contributed by atoms with Crippen LogP contribution in [0, 0.1) is 18.8 Å². The Bertz CT molecular complexity index is 331. The normalized spacial score (nSPS) is 27.9. The zero-order valence-electron chi connectivity index (χ0n) is 10.4. The van der Waals surface area contributed by atoms with Crippen molar-refractivity contribution >= 4 is 0 Å². The van der Waals surface area contributed by atoms with Crippen LogP contribution in [0.3, 0.4) is 0 Å². The summed E-state index contributed by atoms with van der Waals surface area (Å²) in [5, 5.41) is 0. The Labute approximate surface area is 98.2 Å². The lowest BCUT2D eigenvalue weighted by Crippen LogP contribution is -2.30. The molecule has 1 aliphatic rings. The van der Waals surface area contributed by atoms with Crippen LogP contribution >= 0.6 is 0 Å². The Balaban J connectivity index is 2.10. The molecule has 90 valence electrons. The van der Waals surface area contributed by atoms with Gasteiger partial charge in [-0.1, -0.05) is 32.6 Å². The Morgan fingerprint density at radius 3 is 2.75 bits per heavy atom. The average Bonchev–Trinajstić information content (AvgIpc) is 2.75. The number of hydrogen-bond donors (Lipinski definition) is 1. The maximum absolute atomic E-state index is 6.36. The molecule has 0 saturated heterocycles. The van der Waals surface area contributed by atoms with Crippen LogP contribution in [0.5, 0.6) is 0 Å². The molecule has 3 atom stereocenters. The minimum absolute atomic E-state index is 0.0962. The summed E-state index contributed by atoms with van der Waals surface area (Å²) < 4.78 is 5.67. The van der Waals surface area contributed by atoms with Gasteiger partial charge in [0.25, 0.3) is 0 Å². The fourth-order valence-electron chi connectivity index (χ4n) is 3.06. The van der Waals surface area contributed by atoms with E-state index in [4.69, 9.17) is 10.2 Å². The first-order chi connectivity index (χ1) is 7.72. The summed E-state index contributed by atoms with van der Waals surface area (Å²) in [7, 11) is 0. The lowest BCUT2D eigenvalue weighted by Gasteiger charge is -2.34. The van der Waals surface area contributed by atoms with Crippen molar-refractivity contribution in [3.8, 4) is 0 Å². The monoisotopic (exact) mass is 221 g/mol. The standard InChI is InChI=1S/C14H23NO/c1-3-11-6-4-5-7-12(11)14(15)13-9-8-10(2)16-13/h8-9,11-12,14H,3-7,15H2,1-2H3. The maximum Gasteiger partial charge on any atom is 0.121 e. The van der Waals surface area contributed by atoms with Crippen molar-refractivity contribution < 1.29 is 4.42 Å². The summed E-state index contributed by atoms with van der Waals surface area (Å²) in [6.45, 7) is 4.26. The SMILES string of the molecule is CCC1CCCCC1C(N)c1ccc(C)o1. The molecule has 1 fully saturated rings. The molecule has 1 heterocycles. The smallest absolute Gasteiger partial charge is 0.121 e. The fraction of sp³-hybridized carbons (Fsp3) is 0.714. The van der Waals surface area contributed by atoms with E-state index in [1.165, 1.54) is 32.1 Å². The van der Waals surface area contributed by atoms with E-state index in [1.54, 1.807) is 0 Å². The molecule has 2 rings (SSSR count). The third-order valence-electron chi connectivity index (χ3n) is 4.04.